The molecule has 4 heteroatoms. The van der Waals surface area contributed by atoms with Gasteiger partial charge in [0.2, 0.25) is 0 Å². The number of benzene rings is 3. The molecular weight excluding hydrogens is 455 g/mol. The molecule has 0 saturated carbocycles. The van der Waals surface area contributed by atoms with Crippen molar-refractivity contribution in [1.29, 1.82) is 0 Å². The quantitative estimate of drug-likeness (QED) is 0.272. The third-order valence-electron chi connectivity index (χ3n) is 4.98. The van der Waals surface area contributed by atoms with E-state index in [9.17, 15) is 0 Å². The topological polar surface area (TPSA) is 28.7 Å². The van der Waals surface area contributed by atoms with E-state index in [1.165, 1.54) is 28.0 Å². The van der Waals surface area contributed by atoms with Crippen LogP contribution in [0.4, 0.5) is 0 Å². The van der Waals surface area contributed by atoms with Crippen LogP contribution in [0, 0.1) is 0 Å². The summed E-state index contributed by atoms with van der Waals surface area (Å²) in [4.78, 5) is 7.74. The molecule has 0 aliphatic rings. The molecule has 0 bridgehead atoms. The summed E-state index contributed by atoms with van der Waals surface area (Å²) in [6, 6.07) is 29.0. The number of imidazole rings is 1. The van der Waals surface area contributed by atoms with Crippen molar-refractivity contribution in [1.82, 2.24) is 9.97 Å². The molecule has 160 valence electrons. The molecular formula is C28H28BBrN2. The Hall–Kier alpha value is -2.85. The fourth-order valence-corrected chi connectivity index (χ4v) is 3.71. The lowest BCUT2D eigenvalue weighted by Gasteiger charge is -2.07. The summed E-state index contributed by atoms with van der Waals surface area (Å²) >= 11 is 3.43. The number of nitrogens with one attached hydrogen (secondary N) is 1. The van der Waals surface area contributed by atoms with Gasteiger partial charge in [-0.3, -0.25) is 0 Å². The van der Waals surface area contributed by atoms with Gasteiger partial charge in [0.05, 0.1) is 7.85 Å². The standard InChI is InChI=1S/C15H13B.C13H15BrN2/c16-12-11-15(13-7-3-1-4-8-13)14-9-5-2-6-10-14;1-2-3-12-9-15-13(16-12)8-10-4-6-11(14)7-5-10/h1-11H,12H2;4-7,9H,2-3,8H2,1H3,(H,15,16). The number of nitrogens with zero attached hydrogens (tertiary/aromatic N) is 1. The first kappa shape index (κ1) is 23.8. The highest BCUT2D eigenvalue weighted by Crippen LogP contribution is 2.23. The molecule has 32 heavy (non-hydrogen) atoms. The molecule has 0 aliphatic heterocycles. The van der Waals surface area contributed by atoms with Crippen LogP contribution in [-0.4, -0.2) is 17.8 Å². The molecule has 0 aliphatic carbocycles. The number of halogens is 1. The summed E-state index contributed by atoms with van der Waals surface area (Å²) in [6.07, 6.45) is 7.66. The molecule has 1 N–H and O–H groups in total. The largest absolute Gasteiger partial charge is 0.346 e. The van der Waals surface area contributed by atoms with Crippen molar-refractivity contribution in [3.63, 3.8) is 0 Å². The predicted molar refractivity (Wildman–Crippen MR) is 140 cm³/mol. The summed E-state index contributed by atoms with van der Waals surface area (Å²) in [5, 5.41) is 0. The SMILES string of the molecule is CCCc1cnc(Cc2ccc(Br)cc2)[nH]1.[B]CC=C(c1ccccc1)c1ccccc1. The number of rotatable bonds is 7. The minimum atomic E-state index is 0.555. The number of aryl methyl sites for hydroxylation is 1. The van der Waals surface area contributed by atoms with Crippen molar-refractivity contribution >= 4 is 29.3 Å². The van der Waals surface area contributed by atoms with Gasteiger partial charge in [-0.15, -0.1) is 0 Å². The fourth-order valence-electron chi connectivity index (χ4n) is 3.44. The number of hydrogen-bond acceptors (Lipinski definition) is 1. The Morgan fingerprint density at radius 3 is 2.03 bits per heavy atom. The maximum Gasteiger partial charge on any atom is 0.110 e. The Kier molecular flexibility index (Phi) is 9.58. The first-order valence-corrected chi connectivity index (χ1v) is 11.8. The first-order valence-electron chi connectivity index (χ1n) is 11.0. The summed E-state index contributed by atoms with van der Waals surface area (Å²) in [5.74, 6) is 1.05. The maximum absolute atomic E-state index is 5.63. The van der Waals surface area contributed by atoms with E-state index in [0.29, 0.717) is 6.32 Å². The van der Waals surface area contributed by atoms with Gasteiger partial charge in [-0.05, 0) is 40.8 Å². The lowest BCUT2D eigenvalue weighted by molar-refractivity contribution is 0.882. The molecule has 0 atom stereocenters. The van der Waals surface area contributed by atoms with Crippen molar-refractivity contribution in [2.75, 3.05) is 0 Å². The second-order valence-electron chi connectivity index (χ2n) is 7.49. The lowest BCUT2D eigenvalue weighted by Crippen LogP contribution is -1.91. The Morgan fingerprint density at radius 1 is 0.906 bits per heavy atom. The number of H-pyrrole nitrogens is 1. The molecule has 3 aromatic carbocycles. The molecule has 4 aromatic rings. The average Bonchev–Trinajstić information content (AvgIpc) is 3.28. The van der Waals surface area contributed by atoms with Crippen LogP contribution >= 0.6 is 15.9 Å². The second-order valence-corrected chi connectivity index (χ2v) is 8.41. The van der Waals surface area contributed by atoms with E-state index in [-0.39, 0.29) is 0 Å². The highest BCUT2D eigenvalue weighted by atomic mass is 79.9. The van der Waals surface area contributed by atoms with Gasteiger partial charge in [-0.25, -0.2) is 4.98 Å². The smallest absolute Gasteiger partial charge is 0.110 e. The molecule has 0 unspecified atom stereocenters. The van der Waals surface area contributed by atoms with Crippen LogP contribution in [0.5, 0.6) is 0 Å². The van der Waals surface area contributed by atoms with Crippen LogP contribution in [0.15, 0.2) is 102 Å². The normalized spacial score (nSPS) is 10.2. The number of aromatic nitrogens is 2. The van der Waals surface area contributed by atoms with Gasteiger partial charge >= 0.3 is 0 Å². The summed E-state index contributed by atoms with van der Waals surface area (Å²) < 4.78 is 1.11. The predicted octanol–water partition coefficient (Wildman–Crippen LogP) is 7.42. The van der Waals surface area contributed by atoms with Gasteiger partial charge in [0, 0.05) is 22.8 Å². The Labute approximate surface area is 201 Å². The van der Waals surface area contributed by atoms with E-state index >= 15 is 0 Å². The zero-order valence-electron chi connectivity index (χ0n) is 18.5. The van der Waals surface area contributed by atoms with Crippen molar-refractivity contribution in [3.05, 3.63) is 130 Å². The molecule has 1 aromatic heterocycles. The van der Waals surface area contributed by atoms with Crippen molar-refractivity contribution < 1.29 is 0 Å². The van der Waals surface area contributed by atoms with E-state index < -0.39 is 0 Å². The number of aromatic amines is 1. The molecule has 1 heterocycles. The molecule has 2 radical (unpaired) electrons. The van der Waals surface area contributed by atoms with Gasteiger partial charge in [0.1, 0.15) is 5.82 Å². The fraction of sp³-hybridized carbons (Fsp3) is 0.179. The highest BCUT2D eigenvalue weighted by Gasteiger charge is 2.03. The van der Waals surface area contributed by atoms with Crippen LogP contribution in [0.1, 0.15) is 41.6 Å². The maximum atomic E-state index is 5.63. The number of hydrogen-bond donors (Lipinski definition) is 1. The van der Waals surface area contributed by atoms with E-state index in [4.69, 9.17) is 7.85 Å². The van der Waals surface area contributed by atoms with Crippen molar-refractivity contribution in [2.45, 2.75) is 32.5 Å². The van der Waals surface area contributed by atoms with Crippen LogP contribution in [0.2, 0.25) is 6.32 Å². The second kappa shape index (κ2) is 12.9. The van der Waals surface area contributed by atoms with Crippen molar-refractivity contribution in [3.8, 4) is 0 Å². The van der Waals surface area contributed by atoms with E-state index in [1.54, 1.807) is 0 Å². The zero-order valence-corrected chi connectivity index (χ0v) is 20.1. The molecule has 2 nitrogen and oxygen atoms in total. The van der Waals surface area contributed by atoms with Gasteiger partial charge in [0.15, 0.2) is 0 Å². The summed E-state index contributed by atoms with van der Waals surface area (Å²) in [7, 11) is 5.63. The molecule has 0 amide bonds. The minimum Gasteiger partial charge on any atom is -0.346 e. The Bertz CT molecular complexity index is 1050. The third-order valence-corrected chi connectivity index (χ3v) is 5.51. The first-order chi connectivity index (χ1) is 15.7. The Morgan fingerprint density at radius 2 is 1.50 bits per heavy atom. The highest BCUT2D eigenvalue weighted by molar-refractivity contribution is 9.10. The van der Waals surface area contributed by atoms with E-state index in [2.05, 4.69) is 87.4 Å². The van der Waals surface area contributed by atoms with Crippen molar-refractivity contribution in [2.24, 2.45) is 0 Å². The van der Waals surface area contributed by atoms with E-state index in [0.717, 1.165) is 29.6 Å². The summed E-state index contributed by atoms with van der Waals surface area (Å²) in [6.45, 7) is 2.18. The number of allylic oxidation sites excluding steroid dienone is 1. The Balaban J connectivity index is 0.000000181. The van der Waals surface area contributed by atoms with Gasteiger partial charge in [0.25, 0.3) is 0 Å². The van der Waals surface area contributed by atoms with Gasteiger partial charge in [-0.2, -0.15) is 0 Å². The molecule has 0 spiro atoms. The molecule has 0 saturated heterocycles. The lowest BCUT2D eigenvalue weighted by atomic mass is 9.93. The average molecular weight is 483 g/mol. The van der Waals surface area contributed by atoms with Crippen LogP contribution in [0.3, 0.4) is 0 Å². The zero-order chi connectivity index (χ0) is 22.6. The van der Waals surface area contributed by atoms with Gasteiger partial charge < -0.3 is 4.98 Å². The monoisotopic (exact) mass is 482 g/mol. The minimum absolute atomic E-state index is 0.555. The van der Waals surface area contributed by atoms with E-state index in [1.807, 2.05) is 42.6 Å². The van der Waals surface area contributed by atoms with Crippen LogP contribution in [0.25, 0.3) is 5.57 Å². The van der Waals surface area contributed by atoms with Gasteiger partial charge in [-0.1, -0.05) is 114 Å². The summed E-state index contributed by atoms with van der Waals surface area (Å²) in [5.41, 5.74) is 6.12. The van der Waals surface area contributed by atoms with Crippen LogP contribution < -0.4 is 0 Å². The molecule has 4 rings (SSSR count). The molecule has 0 fully saturated rings. The van der Waals surface area contributed by atoms with Crippen LogP contribution in [-0.2, 0) is 12.8 Å². The third kappa shape index (κ3) is 7.38.